The molecule has 7 heteroatoms. The highest BCUT2D eigenvalue weighted by atomic mass is 32.1. The van der Waals surface area contributed by atoms with Crippen LogP contribution in [-0.4, -0.2) is 28.9 Å². The molecule has 0 saturated carbocycles. The van der Waals surface area contributed by atoms with Crippen molar-refractivity contribution >= 4 is 27.5 Å². The molecule has 1 aromatic heterocycles. The lowest BCUT2D eigenvalue weighted by Crippen LogP contribution is -2.39. The summed E-state index contributed by atoms with van der Waals surface area (Å²) in [6.45, 7) is 1.15. The Hall–Kier alpha value is -2.41. The van der Waals surface area contributed by atoms with Gasteiger partial charge in [-0.2, -0.15) is 13.2 Å². The van der Waals surface area contributed by atoms with Crippen LogP contribution >= 0.6 is 11.3 Å². The van der Waals surface area contributed by atoms with E-state index in [1.807, 2.05) is 24.3 Å². The fourth-order valence-electron chi connectivity index (χ4n) is 3.41. The second kappa shape index (κ2) is 6.96. The maximum atomic E-state index is 12.7. The number of likely N-dealkylation sites (tertiary alicyclic amines) is 1. The number of alkyl halides is 3. The molecule has 2 aromatic carbocycles. The van der Waals surface area contributed by atoms with Crippen molar-refractivity contribution in [2.45, 2.75) is 24.9 Å². The van der Waals surface area contributed by atoms with E-state index >= 15 is 0 Å². The molecule has 3 aromatic rings. The Morgan fingerprint density at radius 3 is 2.56 bits per heavy atom. The summed E-state index contributed by atoms with van der Waals surface area (Å²) in [5.74, 6) is -0.0657. The molecule has 0 spiro atoms. The lowest BCUT2D eigenvalue weighted by Gasteiger charge is -2.32. The average Bonchev–Trinajstić information content (AvgIpc) is 3.11. The van der Waals surface area contributed by atoms with Gasteiger partial charge in [-0.15, -0.1) is 11.3 Å². The number of benzene rings is 2. The number of para-hydroxylation sites is 1. The highest BCUT2D eigenvalue weighted by Gasteiger charge is 2.31. The van der Waals surface area contributed by atoms with Crippen LogP contribution in [0.3, 0.4) is 0 Å². The molecule has 27 heavy (non-hydrogen) atoms. The largest absolute Gasteiger partial charge is 0.416 e. The number of hydrogen-bond acceptors (Lipinski definition) is 3. The van der Waals surface area contributed by atoms with E-state index in [0.29, 0.717) is 13.1 Å². The van der Waals surface area contributed by atoms with E-state index in [4.69, 9.17) is 4.98 Å². The van der Waals surface area contributed by atoms with Gasteiger partial charge in [0, 0.05) is 24.6 Å². The predicted molar refractivity (Wildman–Crippen MR) is 98.9 cm³/mol. The zero-order valence-electron chi connectivity index (χ0n) is 14.4. The van der Waals surface area contributed by atoms with Gasteiger partial charge in [0.1, 0.15) is 0 Å². The first-order valence-corrected chi connectivity index (χ1v) is 9.55. The van der Waals surface area contributed by atoms with Crippen LogP contribution in [-0.2, 0) is 6.18 Å². The van der Waals surface area contributed by atoms with Crippen LogP contribution in [0, 0.1) is 0 Å². The molecule has 2 heterocycles. The summed E-state index contributed by atoms with van der Waals surface area (Å²) in [7, 11) is 0. The Labute approximate surface area is 158 Å². The molecule has 4 rings (SSSR count). The van der Waals surface area contributed by atoms with Gasteiger partial charge < -0.3 is 4.90 Å². The average molecular weight is 390 g/mol. The highest BCUT2D eigenvalue weighted by molar-refractivity contribution is 7.18. The van der Waals surface area contributed by atoms with E-state index in [-0.39, 0.29) is 17.4 Å². The lowest BCUT2D eigenvalue weighted by molar-refractivity contribution is -0.137. The van der Waals surface area contributed by atoms with Crippen LogP contribution in [0.1, 0.15) is 39.7 Å². The van der Waals surface area contributed by atoms with Gasteiger partial charge in [0.25, 0.3) is 5.91 Å². The van der Waals surface area contributed by atoms with Crippen molar-refractivity contribution in [1.29, 1.82) is 0 Å². The molecule has 1 fully saturated rings. The third kappa shape index (κ3) is 3.69. The van der Waals surface area contributed by atoms with E-state index in [0.717, 1.165) is 40.2 Å². The first-order chi connectivity index (χ1) is 12.9. The molecular formula is C20H17F3N2OS. The molecule has 0 aliphatic carbocycles. The molecule has 1 aliphatic heterocycles. The van der Waals surface area contributed by atoms with Gasteiger partial charge in [-0.3, -0.25) is 4.79 Å². The van der Waals surface area contributed by atoms with Gasteiger partial charge in [-0.1, -0.05) is 12.1 Å². The van der Waals surface area contributed by atoms with E-state index in [9.17, 15) is 18.0 Å². The number of nitrogens with zero attached hydrogens (tertiary/aromatic N) is 2. The monoisotopic (exact) mass is 390 g/mol. The van der Waals surface area contributed by atoms with Gasteiger partial charge >= 0.3 is 6.18 Å². The van der Waals surface area contributed by atoms with Gasteiger partial charge in [0.05, 0.1) is 20.8 Å². The highest BCUT2D eigenvalue weighted by Crippen LogP contribution is 2.34. The first-order valence-electron chi connectivity index (χ1n) is 8.74. The molecule has 1 atom stereocenters. The number of aromatic nitrogens is 1. The summed E-state index contributed by atoms with van der Waals surface area (Å²) < 4.78 is 39.2. The fourth-order valence-corrected chi connectivity index (χ4v) is 4.51. The molecule has 0 radical (unpaired) electrons. The minimum Gasteiger partial charge on any atom is -0.338 e. The molecule has 140 valence electrons. The minimum atomic E-state index is -4.40. The van der Waals surface area contributed by atoms with Crippen molar-refractivity contribution in [1.82, 2.24) is 9.88 Å². The van der Waals surface area contributed by atoms with Crippen LogP contribution in [0.15, 0.2) is 48.5 Å². The van der Waals surface area contributed by atoms with Crippen LogP contribution < -0.4 is 0 Å². The molecule has 0 N–H and O–H groups in total. The molecule has 1 amide bonds. The second-order valence-corrected chi connectivity index (χ2v) is 7.75. The Morgan fingerprint density at radius 2 is 1.85 bits per heavy atom. The first kappa shape index (κ1) is 18.0. The summed E-state index contributed by atoms with van der Waals surface area (Å²) in [5.41, 5.74) is 0.502. The Morgan fingerprint density at radius 1 is 1.11 bits per heavy atom. The smallest absolute Gasteiger partial charge is 0.338 e. The van der Waals surface area contributed by atoms with Crippen LogP contribution in [0.2, 0.25) is 0 Å². The molecular weight excluding hydrogens is 373 g/mol. The second-order valence-electron chi connectivity index (χ2n) is 6.69. The number of amides is 1. The maximum Gasteiger partial charge on any atom is 0.416 e. The lowest BCUT2D eigenvalue weighted by atomic mass is 9.98. The third-order valence-electron chi connectivity index (χ3n) is 4.83. The molecule has 1 saturated heterocycles. The van der Waals surface area contributed by atoms with E-state index in [1.54, 1.807) is 16.2 Å². The summed E-state index contributed by atoms with van der Waals surface area (Å²) >= 11 is 1.64. The van der Waals surface area contributed by atoms with E-state index in [1.165, 1.54) is 12.1 Å². The van der Waals surface area contributed by atoms with Crippen LogP contribution in [0.5, 0.6) is 0 Å². The third-order valence-corrected chi connectivity index (χ3v) is 6.03. The summed E-state index contributed by atoms with van der Waals surface area (Å²) in [5, 5.41) is 1.01. The molecule has 3 nitrogen and oxygen atoms in total. The van der Waals surface area contributed by atoms with Crippen molar-refractivity contribution in [3.05, 3.63) is 64.7 Å². The van der Waals surface area contributed by atoms with Crippen molar-refractivity contribution in [3.63, 3.8) is 0 Å². The fraction of sp³-hybridized carbons (Fsp3) is 0.300. The maximum absolute atomic E-state index is 12.7. The predicted octanol–water partition coefficient (Wildman–Crippen LogP) is 5.33. The summed E-state index contributed by atoms with van der Waals surface area (Å²) in [6, 6.07) is 12.4. The topological polar surface area (TPSA) is 33.2 Å². The number of halogens is 3. The number of rotatable bonds is 2. The van der Waals surface area contributed by atoms with E-state index in [2.05, 4.69) is 0 Å². The van der Waals surface area contributed by atoms with Gasteiger partial charge in [-0.25, -0.2) is 4.98 Å². The van der Waals surface area contributed by atoms with Gasteiger partial charge in [-0.05, 0) is 49.2 Å². The molecule has 1 aliphatic rings. The normalized spacial score (nSPS) is 18.0. The number of thiazole rings is 1. The number of piperidine rings is 1. The number of carbonyl (C=O) groups excluding carboxylic acids is 1. The van der Waals surface area contributed by atoms with Crippen LogP contribution in [0.4, 0.5) is 13.2 Å². The zero-order chi connectivity index (χ0) is 19.0. The zero-order valence-corrected chi connectivity index (χ0v) is 15.2. The van der Waals surface area contributed by atoms with Crippen LogP contribution in [0.25, 0.3) is 10.2 Å². The van der Waals surface area contributed by atoms with Crippen molar-refractivity contribution in [2.75, 3.05) is 13.1 Å². The minimum absolute atomic E-state index is 0.162. The standard InChI is InChI=1S/C20H17F3N2OS/c21-20(22,23)15-9-7-13(8-10-15)19(26)25-11-3-4-14(12-25)18-24-16-5-1-2-6-17(16)27-18/h1-2,5-10,14H,3-4,11-12H2/t14-/m1/s1. The number of hydrogen-bond donors (Lipinski definition) is 0. The van der Waals surface area contributed by atoms with Gasteiger partial charge in [0.15, 0.2) is 0 Å². The summed E-state index contributed by atoms with van der Waals surface area (Å²) in [6.07, 6.45) is -2.59. The van der Waals surface area contributed by atoms with Gasteiger partial charge in [0.2, 0.25) is 0 Å². The SMILES string of the molecule is O=C(c1ccc(C(F)(F)F)cc1)N1CCC[C@@H](c2nc3ccccc3s2)C1. The van der Waals surface area contributed by atoms with Crippen molar-refractivity contribution in [3.8, 4) is 0 Å². The Balaban J connectivity index is 1.51. The Kier molecular flexibility index (Phi) is 4.63. The Bertz CT molecular complexity index is 932. The number of carbonyl (C=O) groups is 1. The summed E-state index contributed by atoms with van der Waals surface area (Å²) in [4.78, 5) is 19.2. The van der Waals surface area contributed by atoms with E-state index < -0.39 is 11.7 Å². The number of fused-ring (bicyclic) bond motifs is 1. The van der Waals surface area contributed by atoms with Crippen molar-refractivity contribution in [2.24, 2.45) is 0 Å². The quantitative estimate of drug-likeness (QED) is 0.592. The van der Waals surface area contributed by atoms with Crippen molar-refractivity contribution < 1.29 is 18.0 Å². The molecule has 0 bridgehead atoms. The molecule has 0 unspecified atom stereocenters.